The molecular formula is C13H28O4Si. The number of hydrogen-bond acceptors (Lipinski definition) is 4. The molecule has 0 bridgehead atoms. The minimum atomic E-state index is -1.94. The highest BCUT2D eigenvalue weighted by molar-refractivity contribution is 6.81. The normalized spacial score (nSPS) is 30.8. The number of rotatable bonds is 3. The van der Waals surface area contributed by atoms with E-state index >= 15 is 0 Å². The first-order valence-corrected chi connectivity index (χ1v) is 9.71. The predicted octanol–water partition coefficient (Wildman–Crippen LogP) is 2.26. The number of hydrogen-bond donors (Lipinski definition) is 2. The smallest absolute Gasteiger partial charge is 0.220 e. The van der Waals surface area contributed by atoms with Gasteiger partial charge in [0.15, 0.2) is 0 Å². The lowest BCUT2D eigenvalue weighted by Crippen LogP contribution is -2.56. The monoisotopic (exact) mass is 276 g/mol. The van der Waals surface area contributed by atoms with Crippen LogP contribution in [0, 0.1) is 0 Å². The molecule has 0 aromatic heterocycles. The largest absolute Gasteiger partial charge is 0.361 e. The number of aliphatic hydroxyl groups is 2. The molecular weight excluding hydrogens is 248 g/mol. The fourth-order valence-electron chi connectivity index (χ4n) is 1.94. The van der Waals surface area contributed by atoms with Crippen molar-refractivity contribution >= 4 is 8.07 Å². The summed E-state index contributed by atoms with van der Waals surface area (Å²) in [6.45, 7) is 14.9. The van der Waals surface area contributed by atoms with E-state index in [4.69, 9.17) is 9.47 Å². The van der Waals surface area contributed by atoms with Gasteiger partial charge in [-0.05, 0) is 12.0 Å². The molecule has 0 aromatic rings. The first-order chi connectivity index (χ1) is 7.87. The third-order valence-corrected chi connectivity index (χ3v) is 10.6. The van der Waals surface area contributed by atoms with Crippen molar-refractivity contribution in [3.8, 4) is 0 Å². The van der Waals surface area contributed by atoms with Gasteiger partial charge in [0, 0.05) is 6.42 Å². The summed E-state index contributed by atoms with van der Waals surface area (Å²) in [6.07, 6.45) is 0.174. The van der Waals surface area contributed by atoms with Gasteiger partial charge in [0.25, 0.3) is 0 Å². The molecule has 1 fully saturated rings. The van der Waals surface area contributed by atoms with Crippen LogP contribution >= 0.6 is 0 Å². The molecule has 5 heteroatoms. The van der Waals surface area contributed by atoms with Gasteiger partial charge in [-0.15, -0.1) is 0 Å². The molecule has 18 heavy (non-hydrogen) atoms. The van der Waals surface area contributed by atoms with Crippen molar-refractivity contribution in [1.29, 1.82) is 0 Å². The summed E-state index contributed by atoms with van der Waals surface area (Å²) in [7, 11) is -1.72. The average molecular weight is 276 g/mol. The van der Waals surface area contributed by atoms with E-state index in [1.54, 1.807) is 13.8 Å². The van der Waals surface area contributed by atoms with Crippen LogP contribution in [0.4, 0.5) is 0 Å². The van der Waals surface area contributed by atoms with E-state index in [0.29, 0.717) is 6.61 Å². The van der Waals surface area contributed by atoms with Crippen LogP contribution in [-0.4, -0.2) is 42.2 Å². The molecule has 4 nitrogen and oxygen atoms in total. The summed E-state index contributed by atoms with van der Waals surface area (Å²) in [6, 6.07) is 0. The van der Waals surface area contributed by atoms with E-state index in [0.717, 1.165) is 0 Å². The van der Waals surface area contributed by atoms with Crippen LogP contribution in [0.1, 0.15) is 41.0 Å². The second-order valence-corrected chi connectivity index (χ2v) is 12.6. The van der Waals surface area contributed by atoms with Gasteiger partial charge in [-0.2, -0.15) is 0 Å². The predicted molar refractivity (Wildman–Crippen MR) is 73.9 cm³/mol. The number of ether oxygens (including phenoxy) is 2. The summed E-state index contributed by atoms with van der Waals surface area (Å²) < 4.78 is 11.5. The fourth-order valence-corrected chi connectivity index (χ4v) is 3.93. The van der Waals surface area contributed by atoms with Crippen LogP contribution in [0.3, 0.4) is 0 Å². The van der Waals surface area contributed by atoms with Gasteiger partial charge >= 0.3 is 0 Å². The zero-order chi connectivity index (χ0) is 14.4. The highest BCUT2D eigenvalue weighted by atomic mass is 28.3. The van der Waals surface area contributed by atoms with Crippen LogP contribution in [0.5, 0.6) is 0 Å². The van der Waals surface area contributed by atoms with Gasteiger partial charge in [0.05, 0.1) is 20.4 Å². The maximum atomic E-state index is 9.99. The third kappa shape index (κ3) is 2.51. The van der Waals surface area contributed by atoms with E-state index < -0.39 is 19.6 Å². The van der Waals surface area contributed by atoms with Crippen LogP contribution in [0.2, 0.25) is 18.1 Å². The van der Waals surface area contributed by atoms with Crippen LogP contribution in [-0.2, 0) is 9.47 Å². The zero-order valence-electron chi connectivity index (χ0n) is 12.7. The summed E-state index contributed by atoms with van der Waals surface area (Å²) >= 11 is 0. The Labute approximate surface area is 111 Å². The molecule has 1 rings (SSSR count). The van der Waals surface area contributed by atoms with Crippen molar-refractivity contribution in [3.63, 3.8) is 0 Å². The Kier molecular flexibility index (Phi) is 4.08. The Morgan fingerprint density at radius 2 is 1.78 bits per heavy atom. The Bertz CT molecular complexity index is 309. The summed E-state index contributed by atoms with van der Waals surface area (Å²) in [5.41, 5.74) is -0.0206. The topological polar surface area (TPSA) is 58.9 Å². The second-order valence-electron chi connectivity index (χ2n) is 7.01. The first kappa shape index (κ1) is 16.1. The van der Waals surface area contributed by atoms with Crippen LogP contribution < -0.4 is 0 Å². The lowest BCUT2D eigenvalue weighted by Gasteiger charge is -2.42. The summed E-state index contributed by atoms with van der Waals surface area (Å²) in [5.74, 6) is -3.26. The van der Waals surface area contributed by atoms with Crippen molar-refractivity contribution in [2.45, 2.75) is 76.5 Å². The highest BCUT2D eigenvalue weighted by Gasteiger charge is 2.57. The van der Waals surface area contributed by atoms with Gasteiger partial charge in [0.1, 0.15) is 0 Å². The van der Waals surface area contributed by atoms with E-state index in [9.17, 15) is 10.2 Å². The van der Waals surface area contributed by atoms with E-state index in [-0.39, 0.29) is 17.2 Å². The lowest BCUT2D eigenvalue weighted by molar-refractivity contribution is -0.346. The maximum Gasteiger partial charge on any atom is 0.220 e. The average Bonchev–Trinajstić information content (AvgIpc) is 2.61. The van der Waals surface area contributed by atoms with Crippen LogP contribution in [0.15, 0.2) is 0 Å². The van der Waals surface area contributed by atoms with E-state index in [1.165, 1.54) is 0 Å². The van der Waals surface area contributed by atoms with Gasteiger partial charge in [-0.1, -0.05) is 40.8 Å². The first-order valence-electron chi connectivity index (χ1n) is 6.64. The van der Waals surface area contributed by atoms with E-state index in [1.807, 2.05) is 0 Å². The second kappa shape index (κ2) is 4.56. The zero-order valence-corrected chi connectivity index (χ0v) is 13.7. The third-order valence-electron chi connectivity index (χ3n) is 4.84. The summed E-state index contributed by atoms with van der Waals surface area (Å²) in [5, 5.41) is 20.2. The van der Waals surface area contributed by atoms with Crippen molar-refractivity contribution in [2.75, 3.05) is 6.61 Å². The Hall–Kier alpha value is 0.0569. The lowest BCUT2D eigenvalue weighted by atomic mass is 10.1. The molecule has 0 unspecified atom stereocenters. The maximum absolute atomic E-state index is 9.99. The molecule has 0 amide bonds. The highest BCUT2D eigenvalue weighted by Crippen LogP contribution is 2.44. The van der Waals surface area contributed by atoms with Crippen LogP contribution in [0.25, 0.3) is 0 Å². The molecule has 0 aromatic carbocycles. The van der Waals surface area contributed by atoms with Gasteiger partial charge in [-0.3, -0.25) is 0 Å². The molecule has 0 spiro atoms. The van der Waals surface area contributed by atoms with Crippen molar-refractivity contribution in [2.24, 2.45) is 0 Å². The molecule has 0 radical (unpaired) electrons. The van der Waals surface area contributed by atoms with Gasteiger partial charge < -0.3 is 19.7 Å². The Morgan fingerprint density at radius 3 is 2.17 bits per heavy atom. The summed E-state index contributed by atoms with van der Waals surface area (Å²) in [4.78, 5) is 0. The molecule has 0 aliphatic carbocycles. The molecule has 1 aliphatic heterocycles. The Morgan fingerprint density at radius 1 is 1.28 bits per heavy atom. The minimum Gasteiger partial charge on any atom is -0.361 e. The van der Waals surface area contributed by atoms with Gasteiger partial charge in [-0.25, -0.2) is 0 Å². The SMILES string of the molecule is CCC(O)(O)[C@@]1(C)OC[C@@H]([Si](C)(C)C(C)(C)C)O1. The molecule has 1 aliphatic rings. The molecule has 0 saturated carbocycles. The molecule has 1 saturated heterocycles. The molecule has 1 heterocycles. The fraction of sp³-hybridized carbons (Fsp3) is 1.00. The molecule has 2 atom stereocenters. The van der Waals surface area contributed by atoms with Crippen molar-refractivity contribution in [3.05, 3.63) is 0 Å². The molecule has 108 valence electrons. The quantitative estimate of drug-likeness (QED) is 0.613. The Balaban J connectivity index is 2.91. The standard InChI is InChI=1S/C13H28O4Si/c1-8-13(14,15)12(5)16-9-10(17-12)18(6,7)11(2,3)4/h10,14-15H,8-9H2,1-7H3/t10-,12+/m1/s1. The van der Waals surface area contributed by atoms with Crippen molar-refractivity contribution < 1.29 is 19.7 Å². The van der Waals surface area contributed by atoms with Gasteiger partial charge in [0.2, 0.25) is 11.6 Å². The van der Waals surface area contributed by atoms with E-state index in [2.05, 4.69) is 33.9 Å². The molecule has 2 N–H and O–H groups in total. The van der Waals surface area contributed by atoms with Crippen molar-refractivity contribution in [1.82, 2.24) is 0 Å². The minimum absolute atomic E-state index is 0.0206.